The maximum absolute atomic E-state index is 14.2. The molecule has 1 aromatic heterocycles. The van der Waals surface area contributed by atoms with Crippen molar-refractivity contribution >= 4 is 11.6 Å². The fourth-order valence-corrected chi connectivity index (χ4v) is 4.38. The van der Waals surface area contributed by atoms with Gasteiger partial charge in [0.25, 0.3) is 0 Å². The Morgan fingerprint density at radius 1 is 1.00 bits per heavy atom. The Kier molecular flexibility index (Phi) is 5.76. The second-order valence-electron chi connectivity index (χ2n) is 8.45. The van der Waals surface area contributed by atoms with E-state index in [1.165, 1.54) is 19.1 Å². The third-order valence-electron chi connectivity index (χ3n) is 6.18. The lowest BCUT2D eigenvalue weighted by Gasteiger charge is -2.21. The minimum atomic E-state index is -0.597. The summed E-state index contributed by atoms with van der Waals surface area (Å²) in [5.41, 5.74) is 4.31. The molecule has 6 nitrogen and oxygen atoms in total. The van der Waals surface area contributed by atoms with Crippen LogP contribution in [0, 0.1) is 25.5 Å². The Morgan fingerprint density at radius 3 is 2.40 bits per heavy atom. The first-order valence-electron chi connectivity index (χ1n) is 11.0. The first-order chi connectivity index (χ1) is 16.8. The van der Waals surface area contributed by atoms with E-state index in [0.717, 1.165) is 16.9 Å². The van der Waals surface area contributed by atoms with Crippen LogP contribution in [0.1, 0.15) is 29.8 Å². The van der Waals surface area contributed by atoms with Gasteiger partial charge in [-0.1, -0.05) is 17.7 Å². The van der Waals surface area contributed by atoms with E-state index in [1.54, 1.807) is 30.3 Å². The van der Waals surface area contributed by atoms with E-state index in [1.807, 2.05) is 42.8 Å². The van der Waals surface area contributed by atoms with Crippen LogP contribution in [0.5, 0.6) is 5.75 Å². The molecule has 0 bridgehead atoms. The molecule has 0 amide bonds. The molecule has 0 N–H and O–H groups in total. The molecule has 9 heteroatoms. The molecule has 1 atom stereocenters. The predicted octanol–water partition coefficient (Wildman–Crippen LogP) is 6.40. The fourth-order valence-electron chi connectivity index (χ4n) is 4.17. The second kappa shape index (κ2) is 8.78. The lowest BCUT2D eigenvalue weighted by Crippen LogP contribution is -2.12. The third kappa shape index (κ3) is 4.04. The highest BCUT2D eigenvalue weighted by atomic mass is 35.5. The van der Waals surface area contributed by atoms with Crippen LogP contribution in [0.2, 0.25) is 5.02 Å². The van der Waals surface area contributed by atoms with E-state index in [-0.39, 0.29) is 5.56 Å². The molecule has 0 aliphatic carbocycles. The zero-order chi connectivity index (χ0) is 24.9. The third-order valence-corrected chi connectivity index (χ3v) is 6.38. The summed E-state index contributed by atoms with van der Waals surface area (Å²) in [6.45, 7) is 5.16. The van der Waals surface area contributed by atoms with Crippen LogP contribution >= 0.6 is 11.6 Å². The first kappa shape index (κ1) is 23.0. The fraction of sp³-hybridized carbons (Fsp3) is 0.192. The van der Waals surface area contributed by atoms with Crippen LogP contribution in [-0.4, -0.2) is 31.4 Å². The van der Waals surface area contributed by atoms with E-state index < -0.39 is 17.7 Å². The SMILES string of the molecule is COc1cc(-c2nnc3n([C@@H](C)c4cc(F)c(C)c(F)c4)cc(Cl)cc2-3)ccc1-n1cnc(C)c1. The molecule has 2 aliphatic rings. The minimum absolute atomic E-state index is 0.0131. The van der Waals surface area contributed by atoms with Crippen LogP contribution in [0.25, 0.3) is 28.3 Å². The Bertz CT molecular complexity index is 1500. The Labute approximate surface area is 206 Å². The van der Waals surface area contributed by atoms with Crippen molar-refractivity contribution in [1.82, 2.24) is 24.3 Å². The van der Waals surface area contributed by atoms with Gasteiger partial charge >= 0.3 is 0 Å². The van der Waals surface area contributed by atoms with Crippen molar-refractivity contribution in [3.05, 3.63) is 88.6 Å². The Morgan fingerprint density at radius 2 is 1.74 bits per heavy atom. The zero-order valence-corrected chi connectivity index (χ0v) is 20.3. The highest BCUT2D eigenvalue weighted by Crippen LogP contribution is 2.38. The number of hydrogen-bond acceptors (Lipinski definition) is 4. The molecule has 0 saturated carbocycles. The van der Waals surface area contributed by atoms with E-state index >= 15 is 0 Å². The molecule has 3 heterocycles. The average Bonchev–Trinajstić information content (AvgIpc) is 3.47. The topological polar surface area (TPSA) is 57.8 Å². The van der Waals surface area contributed by atoms with Gasteiger partial charge in [-0.05, 0) is 56.7 Å². The van der Waals surface area contributed by atoms with Gasteiger partial charge in [0.1, 0.15) is 23.1 Å². The monoisotopic (exact) mass is 493 g/mol. The number of methoxy groups -OCH3 is 1. The molecule has 0 saturated heterocycles. The van der Waals surface area contributed by atoms with Gasteiger partial charge in [-0.15, -0.1) is 10.2 Å². The van der Waals surface area contributed by atoms with Crippen LogP contribution < -0.4 is 4.74 Å². The molecular weight excluding hydrogens is 472 g/mol. The van der Waals surface area contributed by atoms with Gasteiger partial charge < -0.3 is 13.9 Å². The highest BCUT2D eigenvalue weighted by Gasteiger charge is 2.24. The summed E-state index contributed by atoms with van der Waals surface area (Å²) in [6.07, 6.45) is 5.33. The summed E-state index contributed by atoms with van der Waals surface area (Å²) in [4.78, 5) is 4.28. The van der Waals surface area contributed by atoms with Crippen molar-refractivity contribution in [1.29, 1.82) is 0 Å². The lowest BCUT2D eigenvalue weighted by atomic mass is 10.0. The van der Waals surface area contributed by atoms with Gasteiger partial charge in [-0.3, -0.25) is 0 Å². The molecule has 3 aromatic rings. The molecule has 0 spiro atoms. The van der Waals surface area contributed by atoms with Gasteiger partial charge in [0.2, 0.25) is 0 Å². The first-order valence-corrected chi connectivity index (χ1v) is 11.3. The summed E-state index contributed by atoms with van der Waals surface area (Å²) in [6, 6.07) is 9.75. The number of benzene rings is 2. The van der Waals surface area contributed by atoms with Gasteiger partial charge in [-0.25, -0.2) is 13.8 Å². The smallest absolute Gasteiger partial charge is 0.165 e. The molecule has 0 unspecified atom stereocenters. The lowest BCUT2D eigenvalue weighted by molar-refractivity contribution is 0.413. The number of rotatable bonds is 5. The summed E-state index contributed by atoms with van der Waals surface area (Å²) in [7, 11) is 1.60. The van der Waals surface area contributed by atoms with Crippen LogP contribution in [0.4, 0.5) is 8.78 Å². The second-order valence-corrected chi connectivity index (χ2v) is 8.88. The quantitative estimate of drug-likeness (QED) is 0.284. The molecule has 5 rings (SSSR count). The number of pyridine rings is 1. The number of fused-ring (bicyclic) bond motifs is 1. The highest BCUT2D eigenvalue weighted by molar-refractivity contribution is 6.30. The molecule has 0 fully saturated rings. The number of imidazole rings is 1. The van der Waals surface area contributed by atoms with Gasteiger partial charge in [-0.2, -0.15) is 0 Å². The number of ether oxygens (including phenoxy) is 1. The van der Waals surface area contributed by atoms with Crippen LogP contribution in [0.15, 0.2) is 55.1 Å². The summed E-state index contributed by atoms with van der Waals surface area (Å²) >= 11 is 6.47. The Hall–Kier alpha value is -3.78. The van der Waals surface area contributed by atoms with Crippen molar-refractivity contribution in [2.45, 2.75) is 26.8 Å². The van der Waals surface area contributed by atoms with Gasteiger partial charge in [0, 0.05) is 29.1 Å². The number of nitrogens with zero attached hydrogens (tertiary/aromatic N) is 5. The Balaban J connectivity index is 1.57. The maximum atomic E-state index is 14.2. The summed E-state index contributed by atoms with van der Waals surface area (Å²) in [5.74, 6) is -0.00274. The molecular formula is C26H22ClF2N5O. The zero-order valence-electron chi connectivity index (χ0n) is 19.6. The van der Waals surface area contributed by atoms with E-state index in [2.05, 4.69) is 15.2 Å². The van der Waals surface area contributed by atoms with E-state index in [9.17, 15) is 8.78 Å². The van der Waals surface area contributed by atoms with E-state index in [0.29, 0.717) is 33.4 Å². The van der Waals surface area contributed by atoms with Crippen molar-refractivity contribution in [3.8, 4) is 34.1 Å². The standard InChI is InChI=1S/C26H22ClF2N5O/c1-14-11-33(13-30-14)23-6-5-17(9-24(23)35-4)25-20-10-19(27)12-34(26(20)32-31-25)16(3)18-7-21(28)15(2)22(29)8-18/h5-13,16H,1-4H3/t16-/m0/s1. The minimum Gasteiger partial charge on any atom is -0.495 e. The van der Waals surface area contributed by atoms with Crippen molar-refractivity contribution in [3.63, 3.8) is 0 Å². The van der Waals surface area contributed by atoms with Crippen molar-refractivity contribution in [2.75, 3.05) is 7.11 Å². The molecule has 0 radical (unpaired) electrons. The predicted molar refractivity (Wildman–Crippen MR) is 130 cm³/mol. The molecule has 178 valence electrons. The molecule has 35 heavy (non-hydrogen) atoms. The maximum Gasteiger partial charge on any atom is 0.165 e. The van der Waals surface area contributed by atoms with Crippen molar-refractivity contribution in [2.24, 2.45) is 0 Å². The van der Waals surface area contributed by atoms with Gasteiger partial charge in [0.05, 0.1) is 35.9 Å². The van der Waals surface area contributed by atoms with Gasteiger partial charge in [0.15, 0.2) is 5.82 Å². The number of hydrogen-bond donors (Lipinski definition) is 0. The molecule has 2 aromatic carbocycles. The number of aromatic nitrogens is 5. The summed E-state index contributed by atoms with van der Waals surface area (Å²) in [5, 5.41) is 9.27. The number of aryl methyl sites for hydroxylation is 1. The normalized spacial score (nSPS) is 12.3. The van der Waals surface area contributed by atoms with E-state index in [4.69, 9.17) is 16.3 Å². The van der Waals surface area contributed by atoms with Crippen LogP contribution in [0.3, 0.4) is 0 Å². The molecule has 2 aliphatic heterocycles. The largest absolute Gasteiger partial charge is 0.495 e. The summed E-state index contributed by atoms with van der Waals surface area (Å²) < 4.78 is 37.8. The average molecular weight is 494 g/mol. The van der Waals surface area contributed by atoms with Crippen LogP contribution in [-0.2, 0) is 0 Å². The number of halogens is 3. The van der Waals surface area contributed by atoms with Crippen molar-refractivity contribution < 1.29 is 13.5 Å².